The van der Waals surface area contributed by atoms with Gasteiger partial charge in [-0.15, -0.1) is 22.7 Å². The minimum absolute atomic E-state index is 1.01. The van der Waals surface area contributed by atoms with E-state index in [1.165, 1.54) is 95.3 Å². The number of pyridine rings is 1. The van der Waals surface area contributed by atoms with Crippen molar-refractivity contribution in [1.29, 1.82) is 0 Å². The van der Waals surface area contributed by atoms with E-state index in [4.69, 9.17) is 4.98 Å². The molecule has 4 aromatic heterocycles. The predicted octanol–water partition coefficient (Wildman–Crippen LogP) is 16.2. The molecule has 9 aromatic carbocycles. The van der Waals surface area contributed by atoms with E-state index in [2.05, 4.69) is 199 Å². The molecular formula is C55H32N2S2. The monoisotopic (exact) mass is 784 g/mol. The summed E-state index contributed by atoms with van der Waals surface area (Å²) < 4.78 is 7.56. The molecule has 13 rings (SSSR count). The summed E-state index contributed by atoms with van der Waals surface area (Å²) in [5.41, 5.74) is 12.9. The number of nitrogens with zero attached hydrogens (tertiary/aromatic N) is 2. The van der Waals surface area contributed by atoms with Crippen molar-refractivity contribution in [2.24, 2.45) is 0 Å². The third-order valence-corrected chi connectivity index (χ3v) is 14.5. The number of hydrogen-bond donors (Lipinski definition) is 0. The summed E-state index contributed by atoms with van der Waals surface area (Å²) in [5.74, 6) is 0. The van der Waals surface area contributed by atoms with Crippen molar-refractivity contribution in [1.82, 2.24) is 9.38 Å². The van der Waals surface area contributed by atoms with E-state index in [-0.39, 0.29) is 0 Å². The normalized spacial score (nSPS) is 12.1. The summed E-state index contributed by atoms with van der Waals surface area (Å²) in [4.78, 5) is 5.40. The van der Waals surface area contributed by atoms with E-state index < -0.39 is 0 Å². The third-order valence-electron chi connectivity index (χ3n) is 12.2. The lowest BCUT2D eigenvalue weighted by molar-refractivity contribution is 1.25. The number of fused-ring (bicyclic) bond motifs is 13. The van der Waals surface area contributed by atoms with Gasteiger partial charge >= 0.3 is 0 Å². The van der Waals surface area contributed by atoms with Crippen LogP contribution in [0.4, 0.5) is 0 Å². The smallest absolute Gasteiger partial charge is 0.156 e. The highest BCUT2D eigenvalue weighted by Gasteiger charge is 2.19. The highest BCUT2D eigenvalue weighted by Crippen LogP contribution is 2.43. The molecule has 0 aliphatic carbocycles. The van der Waals surface area contributed by atoms with E-state index in [1.54, 1.807) is 0 Å². The molecule has 0 spiro atoms. The van der Waals surface area contributed by atoms with Crippen LogP contribution in [0.5, 0.6) is 0 Å². The summed E-state index contributed by atoms with van der Waals surface area (Å²) in [6.07, 6.45) is 0. The van der Waals surface area contributed by atoms with Crippen molar-refractivity contribution in [3.8, 4) is 44.6 Å². The van der Waals surface area contributed by atoms with Crippen LogP contribution in [-0.2, 0) is 0 Å². The van der Waals surface area contributed by atoms with E-state index in [9.17, 15) is 0 Å². The van der Waals surface area contributed by atoms with Crippen molar-refractivity contribution < 1.29 is 0 Å². The van der Waals surface area contributed by atoms with Gasteiger partial charge in [0.15, 0.2) is 5.65 Å². The van der Waals surface area contributed by atoms with E-state index in [0.29, 0.717) is 0 Å². The standard InChI is InChI=1S/C55H32N2S2/c1-2-10-41-34(9-1)26-30-48-53(41)56-55-54-47(45-14-6-8-16-51(45)59-54)32-49(57(48)55)37-23-21-36(22-24-37)40-29-28-39(42-11-3-4-12-43(40)42)35-19-17-33(18-20-35)38-25-27-46-44-13-5-7-15-50(44)58-52(46)31-38/h1-32H. The Hall–Kier alpha value is -7.11. The van der Waals surface area contributed by atoms with Gasteiger partial charge in [0.1, 0.15) is 0 Å². The van der Waals surface area contributed by atoms with E-state index in [0.717, 1.165) is 27.9 Å². The van der Waals surface area contributed by atoms with Crippen LogP contribution >= 0.6 is 22.7 Å². The van der Waals surface area contributed by atoms with Crippen LogP contribution < -0.4 is 0 Å². The van der Waals surface area contributed by atoms with Crippen molar-refractivity contribution in [3.63, 3.8) is 0 Å². The number of hydrogen-bond acceptors (Lipinski definition) is 3. The van der Waals surface area contributed by atoms with Gasteiger partial charge in [-0.2, -0.15) is 0 Å². The molecule has 0 atom stereocenters. The fourth-order valence-corrected chi connectivity index (χ4v) is 11.7. The molecule has 274 valence electrons. The van der Waals surface area contributed by atoms with Gasteiger partial charge in [-0.25, -0.2) is 4.98 Å². The van der Waals surface area contributed by atoms with E-state index >= 15 is 0 Å². The number of imidazole rings is 1. The fraction of sp³-hybridized carbons (Fsp3) is 0. The van der Waals surface area contributed by atoms with Crippen LogP contribution in [0, 0.1) is 0 Å². The van der Waals surface area contributed by atoms with Gasteiger partial charge in [-0.1, -0.05) is 164 Å². The number of aromatic nitrogens is 2. The molecule has 0 aliphatic rings. The van der Waals surface area contributed by atoms with Crippen LogP contribution in [0.1, 0.15) is 0 Å². The number of thiophene rings is 2. The average molecular weight is 785 g/mol. The first-order valence-corrected chi connectivity index (χ1v) is 21.7. The van der Waals surface area contributed by atoms with Crippen molar-refractivity contribution in [3.05, 3.63) is 194 Å². The SMILES string of the molecule is c1ccc2c(c1)ccc1c2nc2c3sc4ccccc4c3cc(-c3ccc(-c4ccc(-c5ccc(-c6ccc7c(c6)sc6ccccc67)cc5)c5ccccc45)cc3)n12. The maximum Gasteiger partial charge on any atom is 0.156 e. The topological polar surface area (TPSA) is 17.3 Å². The lowest BCUT2D eigenvalue weighted by Crippen LogP contribution is -1.93. The molecule has 13 aromatic rings. The summed E-state index contributed by atoms with van der Waals surface area (Å²) in [5, 5.41) is 10.1. The summed E-state index contributed by atoms with van der Waals surface area (Å²) in [7, 11) is 0. The van der Waals surface area contributed by atoms with Crippen LogP contribution in [0.15, 0.2) is 194 Å². The average Bonchev–Trinajstić information content (AvgIpc) is 4.00. The first-order valence-electron chi connectivity index (χ1n) is 20.0. The molecular weight excluding hydrogens is 753 g/mol. The van der Waals surface area contributed by atoms with Gasteiger partial charge in [0, 0.05) is 41.0 Å². The molecule has 59 heavy (non-hydrogen) atoms. The summed E-state index contributed by atoms with van der Waals surface area (Å²) in [6, 6.07) is 71.4. The minimum Gasteiger partial charge on any atom is -0.291 e. The molecule has 0 saturated heterocycles. The summed E-state index contributed by atoms with van der Waals surface area (Å²) >= 11 is 3.70. The zero-order valence-corrected chi connectivity index (χ0v) is 33.3. The molecule has 0 bridgehead atoms. The Bertz CT molecular complexity index is 3830. The first-order chi connectivity index (χ1) is 29.2. The Kier molecular flexibility index (Phi) is 7.08. The highest BCUT2D eigenvalue weighted by molar-refractivity contribution is 7.26. The lowest BCUT2D eigenvalue weighted by atomic mass is 9.91. The van der Waals surface area contributed by atoms with Gasteiger partial charge in [0.2, 0.25) is 0 Å². The molecule has 4 heterocycles. The second-order valence-corrected chi connectivity index (χ2v) is 17.6. The van der Waals surface area contributed by atoms with Crippen molar-refractivity contribution in [2.45, 2.75) is 0 Å². The second-order valence-electron chi connectivity index (χ2n) is 15.5. The zero-order chi connectivity index (χ0) is 38.6. The lowest BCUT2D eigenvalue weighted by Gasteiger charge is -2.14. The maximum absolute atomic E-state index is 5.40. The molecule has 0 saturated carbocycles. The molecule has 0 amide bonds. The molecule has 4 heteroatoms. The fourth-order valence-electron chi connectivity index (χ4n) is 9.37. The Labute approximate surface area is 347 Å². The second kappa shape index (κ2) is 12.7. The van der Waals surface area contributed by atoms with Gasteiger partial charge in [0.05, 0.1) is 21.4 Å². The van der Waals surface area contributed by atoms with Gasteiger partial charge < -0.3 is 0 Å². The summed E-state index contributed by atoms with van der Waals surface area (Å²) in [6.45, 7) is 0. The van der Waals surface area contributed by atoms with Gasteiger partial charge in [-0.05, 0) is 85.4 Å². The van der Waals surface area contributed by atoms with Crippen LogP contribution in [-0.4, -0.2) is 9.38 Å². The zero-order valence-electron chi connectivity index (χ0n) is 31.7. The minimum atomic E-state index is 1.01. The number of rotatable bonds is 4. The van der Waals surface area contributed by atoms with Gasteiger partial charge in [0.25, 0.3) is 0 Å². The molecule has 0 aliphatic heterocycles. The van der Waals surface area contributed by atoms with Crippen molar-refractivity contribution in [2.75, 3.05) is 0 Å². The molecule has 0 fully saturated rings. The third kappa shape index (κ3) is 5.01. The maximum atomic E-state index is 5.40. The Morgan fingerprint density at radius 1 is 0.356 bits per heavy atom. The molecule has 0 unspecified atom stereocenters. The number of benzene rings is 9. The molecule has 0 N–H and O–H groups in total. The Morgan fingerprint density at radius 2 is 0.898 bits per heavy atom. The molecule has 2 nitrogen and oxygen atoms in total. The highest BCUT2D eigenvalue weighted by atomic mass is 32.1. The first kappa shape index (κ1) is 32.9. The molecule has 0 radical (unpaired) electrons. The Morgan fingerprint density at radius 3 is 1.61 bits per heavy atom. The van der Waals surface area contributed by atoms with Crippen LogP contribution in [0.2, 0.25) is 0 Å². The van der Waals surface area contributed by atoms with Crippen LogP contribution in [0.3, 0.4) is 0 Å². The van der Waals surface area contributed by atoms with E-state index in [1.807, 2.05) is 22.7 Å². The van der Waals surface area contributed by atoms with Gasteiger partial charge in [-0.3, -0.25) is 4.40 Å². The van der Waals surface area contributed by atoms with Crippen LogP contribution in [0.25, 0.3) is 123 Å². The predicted molar refractivity (Wildman–Crippen MR) is 255 cm³/mol. The quantitative estimate of drug-likeness (QED) is 0.174. The largest absolute Gasteiger partial charge is 0.291 e. The Balaban J connectivity index is 0.899. The van der Waals surface area contributed by atoms with Crippen molar-refractivity contribution >= 4 is 101 Å².